The zero-order valence-corrected chi connectivity index (χ0v) is 11.8. The summed E-state index contributed by atoms with van der Waals surface area (Å²) in [6, 6.07) is 5.12. The van der Waals surface area contributed by atoms with Gasteiger partial charge in [0.25, 0.3) is 5.91 Å². The Labute approximate surface area is 110 Å². The second kappa shape index (κ2) is 5.60. The third kappa shape index (κ3) is 4.09. The van der Waals surface area contributed by atoms with Crippen LogP contribution in [0.2, 0.25) is 0 Å². The zero-order valence-electron chi connectivity index (χ0n) is 10.2. The molecule has 0 saturated heterocycles. The Morgan fingerprint density at radius 2 is 2.24 bits per heavy atom. The number of nitrogens with one attached hydrogen (secondary N) is 1. The smallest absolute Gasteiger partial charge is 0.270 e. The summed E-state index contributed by atoms with van der Waals surface area (Å²) < 4.78 is 0.612. The first kappa shape index (κ1) is 14.1. The van der Waals surface area contributed by atoms with Crippen LogP contribution >= 0.6 is 15.9 Å². The minimum atomic E-state index is -0.915. The Morgan fingerprint density at radius 3 is 2.76 bits per heavy atom. The minimum absolute atomic E-state index is 0.0678. The molecule has 17 heavy (non-hydrogen) atoms. The summed E-state index contributed by atoms with van der Waals surface area (Å²) in [6.07, 6.45) is 0. The van der Waals surface area contributed by atoms with Crippen molar-refractivity contribution in [3.8, 4) is 0 Å². The van der Waals surface area contributed by atoms with Crippen LogP contribution in [0.25, 0.3) is 0 Å². The minimum Gasteiger partial charge on any atom is -0.388 e. The number of aromatic nitrogens is 1. The number of rotatable bonds is 4. The standard InChI is InChI=1S/C12H17BrN2O2/c1-8(2)12(3,17)7-14-11(16)9-5-4-6-10(13)15-9/h4-6,8,17H,7H2,1-3H3,(H,14,16). The van der Waals surface area contributed by atoms with E-state index in [-0.39, 0.29) is 18.4 Å². The van der Waals surface area contributed by atoms with E-state index in [9.17, 15) is 9.90 Å². The van der Waals surface area contributed by atoms with Gasteiger partial charge in [-0.05, 0) is 40.9 Å². The molecule has 0 spiro atoms. The van der Waals surface area contributed by atoms with Crippen molar-refractivity contribution in [1.82, 2.24) is 10.3 Å². The first-order chi connectivity index (χ1) is 7.83. The predicted octanol–water partition coefficient (Wildman–Crippen LogP) is 1.98. The molecule has 1 rings (SSSR count). The monoisotopic (exact) mass is 300 g/mol. The molecule has 1 aromatic heterocycles. The molecular formula is C12H17BrN2O2. The van der Waals surface area contributed by atoms with Crippen molar-refractivity contribution in [2.75, 3.05) is 6.54 Å². The van der Waals surface area contributed by atoms with Crippen LogP contribution in [-0.4, -0.2) is 28.1 Å². The highest BCUT2D eigenvalue weighted by Gasteiger charge is 2.25. The second-order valence-electron chi connectivity index (χ2n) is 4.54. The SMILES string of the molecule is CC(C)C(C)(O)CNC(=O)c1cccc(Br)n1. The largest absolute Gasteiger partial charge is 0.388 e. The van der Waals surface area contributed by atoms with Crippen LogP contribution in [0.5, 0.6) is 0 Å². The van der Waals surface area contributed by atoms with E-state index in [1.54, 1.807) is 25.1 Å². The zero-order chi connectivity index (χ0) is 13.1. The van der Waals surface area contributed by atoms with Crippen molar-refractivity contribution in [2.45, 2.75) is 26.4 Å². The van der Waals surface area contributed by atoms with Gasteiger partial charge >= 0.3 is 0 Å². The summed E-state index contributed by atoms with van der Waals surface area (Å²) in [5, 5.41) is 12.7. The van der Waals surface area contributed by atoms with Crippen molar-refractivity contribution >= 4 is 21.8 Å². The van der Waals surface area contributed by atoms with Gasteiger partial charge in [-0.3, -0.25) is 4.79 Å². The third-order valence-corrected chi connectivity index (χ3v) is 3.24. The van der Waals surface area contributed by atoms with E-state index in [1.807, 2.05) is 13.8 Å². The maximum atomic E-state index is 11.8. The fourth-order valence-electron chi connectivity index (χ4n) is 1.09. The Morgan fingerprint density at radius 1 is 1.59 bits per heavy atom. The number of pyridine rings is 1. The summed E-state index contributed by atoms with van der Waals surface area (Å²) in [7, 11) is 0. The molecule has 1 atom stereocenters. The van der Waals surface area contributed by atoms with Gasteiger partial charge in [-0.15, -0.1) is 0 Å². The van der Waals surface area contributed by atoms with Crippen molar-refractivity contribution in [2.24, 2.45) is 5.92 Å². The summed E-state index contributed by atoms with van der Waals surface area (Å²) in [4.78, 5) is 15.8. The highest BCUT2D eigenvalue weighted by atomic mass is 79.9. The molecule has 5 heteroatoms. The molecule has 0 aliphatic carbocycles. The number of carbonyl (C=O) groups is 1. The van der Waals surface area contributed by atoms with E-state index in [2.05, 4.69) is 26.2 Å². The molecule has 1 heterocycles. The van der Waals surface area contributed by atoms with Crippen LogP contribution in [0.3, 0.4) is 0 Å². The lowest BCUT2D eigenvalue weighted by Crippen LogP contribution is -2.44. The molecular weight excluding hydrogens is 284 g/mol. The van der Waals surface area contributed by atoms with Crippen LogP contribution in [-0.2, 0) is 0 Å². The van der Waals surface area contributed by atoms with Crippen molar-refractivity contribution in [3.63, 3.8) is 0 Å². The van der Waals surface area contributed by atoms with Crippen molar-refractivity contribution < 1.29 is 9.90 Å². The van der Waals surface area contributed by atoms with Crippen LogP contribution in [0.15, 0.2) is 22.8 Å². The van der Waals surface area contributed by atoms with Gasteiger partial charge in [0.1, 0.15) is 10.3 Å². The number of hydrogen-bond donors (Lipinski definition) is 2. The molecule has 0 fully saturated rings. The number of hydrogen-bond acceptors (Lipinski definition) is 3. The number of amides is 1. The Kier molecular flexibility index (Phi) is 4.65. The molecule has 1 unspecified atom stereocenters. The van der Waals surface area contributed by atoms with Crippen LogP contribution in [0.4, 0.5) is 0 Å². The summed E-state index contributed by atoms with van der Waals surface area (Å²) in [6.45, 7) is 5.72. The third-order valence-electron chi connectivity index (χ3n) is 2.80. The maximum Gasteiger partial charge on any atom is 0.270 e. The molecule has 0 bridgehead atoms. The number of carbonyl (C=O) groups excluding carboxylic acids is 1. The van der Waals surface area contributed by atoms with E-state index in [4.69, 9.17) is 0 Å². The topological polar surface area (TPSA) is 62.2 Å². The van der Waals surface area contributed by atoms with Gasteiger partial charge in [0.15, 0.2) is 0 Å². The Bertz CT molecular complexity index is 405. The molecule has 2 N–H and O–H groups in total. The average molecular weight is 301 g/mol. The molecule has 1 aromatic rings. The number of halogens is 1. The van der Waals surface area contributed by atoms with Crippen LogP contribution in [0.1, 0.15) is 31.3 Å². The lowest BCUT2D eigenvalue weighted by atomic mass is 9.92. The van der Waals surface area contributed by atoms with Crippen molar-refractivity contribution in [3.05, 3.63) is 28.5 Å². The van der Waals surface area contributed by atoms with E-state index < -0.39 is 5.60 Å². The lowest BCUT2D eigenvalue weighted by Gasteiger charge is -2.27. The van der Waals surface area contributed by atoms with E-state index in [0.29, 0.717) is 10.3 Å². The maximum absolute atomic E-state index is 11.8. The van der Waals surface area contributed by atoms with E-state index in [0.717, 1.165) is 0 Å². The second-order valence-corrected chi connectivity index (χ2v) is 5.35. The van der Waals surface area contributed by atoms with Crippen LogP contribution < -0.4 is 5.32 Å². The van der Waals surface area contributed by atoms with Crippen LogP contribution in [0, 0.1) is 5.92 Å². The van der Waals surface area contributed by atoms with Gasteiger partial charge in [-0.2, -0.15) is 0 Å². The Hall–Kier alpha value is -0.940. The molecule has 94 valence electrons. The van der Waals surface area contributed by atoms with E-state index in [1.165, 1.54) is 0 Å². The first-order valence-corrected chi connectivity index (χ1v) is 6.25. The molecule has 0 aromatic carbocycles. The van der Waals surface area contributed by atoms with E-state index >= 15 is 0 Å². The molecule has 1 amide bonds. The first-order valence-electron chi connectivity index (χ1n) is 5.46. The Balaban J connectivity index is 2.62. The van der Waals surface area contributed by atoms with Gasteiger partial charge in [0.2, 0.25) is 0 Å². The summed E-state index contributed by atoms with van der Waals surface area (Å²) >= 11 is 3.20. The average Bonchev–Trinajstić information content (AvgIpc) is 2.25. The summed E-state index contributed by atoms with van der Waals surface area (Å²) in [5.41, 5.74) is -0.583. The molecule has 0 aliphatic rings. The normalized spacial score (nSPS) is 14.5. The van der Waals surface area contributed by atoms with Gasteiger partial charge < -0.3 is 10.4 Å². The number of aliphatic hydroxyl groups is 1. The van der Waals surface area contributed by atoms with Gasteiger partial charge in [-0.1, -0.05) is 19.9 Å². The molecule has 0 radical (unpaired) electrons. The molecule has 0 aliphatic heterocycles. The van der Waals surface area contributed by atoms with Gasteiger partial charge in [0.05, 0.1) is 5.60 Å². The fourth-order valence-corrected chi connectivity index (χ4v) is 1.43. The molecule has 4 nitrogen and oxygen atoms in total. The highest BCUT2D eigenvalue weighted by molar-refractivity contribution is 9.10. The highest BCUT2D eigenvalue weighted by Crippen LogP contribution is 2.14. The predicted molar refractivity (Wildman–Crippen MR) is 69.7 cm³/mol. The van der Waals surface area contributed by atoms with Gasteiger partial charge in [0, 0.05) is 6.54 Å². The number of nitrogens with zero attached hydrogens (tertiary/aromatic N) is 1. The molecule has 0 saturated carbocycles. The summed E-state index contributed by atoms with van der Waals surface area (Å²) in [5.74, 6) is -0.217. The fraction of sp³-hybridized carbons (Fsp3) is 0.500. The van der Waals surface area contributed by atoms with Crippen molar-refractivity contribution in [1.29, 1.82) is 0 Å². The quantitative estimate of drug-likeness (QED) is 0.836. The van der Waals surface area contributed by atoms with Gasteiger partial charge in [-0.25, -0.2) is 4.98 Å². The lowest BCUT2D eigenvalue weighted by molar-refractivity contribution is 0.0142.